The lowest BCUT2D eigenvalue weighted by molar-refractivity contribution is -0.129. The van der Waals surface area contributed by atoms with Crippen LogP contribution in [0.25, 0.3) is 6.08 Å². The second-order valence-electron chi connectivity index (χ2n) is 6.69. The van der Waals surface area contributed by atoms with Crippen molar-refractivity contribution in [2.24, 2.45) is 4.99 Å². The molecule has 4 rings (SSSR count). The van der Waals surface area contributed by atoms with Crippen LogP contribution in [0.4, 0.5) is 0 Å². The molecule has 0 atom stereocenters. The van der Waals surface area contributed by atoms with Gasteiger partial charge in [0.2, 0.25) is 5.90 Å². The molecule has 0 radical (unpaired) electrons. The number of nitrogens with zero attached hydrogens (tertiary/aromatic N) is 1. The Morgan fingerprint density at radius 2 is 1.79 bits per heavy atom. The zero-order valence-electron chi connectivity index (χ0n) is 15.8. The van der Waals surface area contributed by atoms with Crippen molar-refractivity contribution in [3.05, 3.63) is 106 Å². The summed E-state index contributed by atoms with van der Waals surface area (Å²) in [7, 11) is 0. The highest BCUT2D eigenvalue weighted by Crippen LogP contribution is 2.22. The van der Waals surface area contributed by atoms with Crippen molar-refractivity contribution < 1.29 is 14.3 Å². The maximum absolute atomic E-state index is 12.1. The Bertz CT molecular complexity index is 1100. The minimum absolute atomic E-state index is 0.244. The van der Waals surface area contributed by atoms with Gasteiger partial charge in [0, 0.05) is 10.6 Å². The summed E-state index contributed by atoms with van der Waals surface area (Å²) in [5.74, 6) is 0.520. The lowest BCUT2D eigenvalue weighted by atomic mass is 10.1. The van der Waals surface area contributed by atoms with Gasteiger partial charge in [-0.05, 0) is 54.5 Å². The number of carbonyl (C=O) groups is 1. The van der Waals surface area contributed by atoms with E-state index in [0.29, 0.717) is 17.2 Å². The summed E-state index contributed by atoms with van der Waals surface area (Å²) in [6, 6.07) is 22.7. The van der Waals surface area contributed by atoms with E-state index in [0.717, 1.165) is 16.9 Å². The number of aryl methyl sites for hydroxylation is 1. The summed E-state index contributed by atoms with van der Waals surface area (Å²) < 4.78 is 11.1. The molecule has 0 spiro atoms. The first-order valence-corrected chi connectivity index (χ1v) is 9.51. The maximum atomic E-state index is 12.1. The lowest BCUT2D eigenvalue weighted by Crippen LogP contribution is -2.05. The van der Waals surface area contributed by atoms with Gasteiger partial charge in [-0.1, -0.05) is 59.6 Å². The predicted molar refractivity (Wildman–Crippen MR) is 114 cm³/mol. The van der Waals surface area contributed by atoms with Crippen LogP contribution < -0.4 is 4.74 Å². The third kappa shape index (κ3) is 4.73. The van der Waals surface area contributed by atoms with E-state index in [4.69, 9.17) is 21.1 Å². The highest BCUT2D eigenvalue weighted by molar-refractivity contribution is 6.31. The van der Waals surface area contributed by atoms with Crippen LogP contribution in [-0.2, 0) is 16.1 Å². The second-order valence-corrected chi connectivity index (χ2v) is 7.13. The molecule has 0 fully saturated rings. The standard InChI is InChI=1S/C24H18ClNO3/c1-16-5-7-18(8-6-16)15-28-21-11-9-17(10-12-21)13-22-24(27)29-23(26-22)19-3-2-4-20(25)14-19/h2-14H,15H2,1H3. The number of benzene rings is 3. The van der Waals surface area contributed by atoms with Crippen molar-refractivity contribution in [3.63, 3.8) is 0 Å². The number of aliphatic imine (C=N–C) groups is 1. The van der Waals surface area contributed by atoms with E-state index >= 15 is 0 Å². The van der Waals surface area contributed by atoms with Gasteiger partial charge in [0.25, 0.3) is 0 Å². The average Bonchev–Trinajstić information content (AvgIpc) is 3.09. The molecule has 3 aromatic rings. The van der Waals surface area contributed by atoms with Gasteiger partial charge in [-0.25, -0.2) is 9.79 Å². The van der Waals surface area contributed by atoms with E-state index in [1.54, 1.807) is 30.3 Å². The van der Waals surface area contributed by atoms with Crippen molar-refractivity contribution in [2.45, 2.75) is 13.5 Å². The zero-order chi connectivity index (χ0) is 20.2. The fourth-order valence-electron chi connectivity index (χ4n) is 2.82. The molecule has 5 heteroatoms. The number of hydrogen-bond acceptors (Lipinski definition) is 4. The predicted octanol–water partition coefficient (Wildman–Crippen LogP) is 5.57. The average molecular weight is 404 g/mol. The van der Waals surface area contributed by atoms with E-state index in [1.165, 1.54) is 5.56 Å². The van der Waals surface area contributed by atoms with Gasteiger partial charge < -0.3 is 9.47 Å². The van der Waals surface area contributed by atoms with Gasteiger partial charge >= 0.3 is 5.97 Å². The summed E-state index contributed by atoms with van der Waals surface area (Å²) in [5, 5.41) is 0.555. The monoisotopic (exact) mass is 403 g/mol. The smallest absolute Gasteiger partial charge is 0.363 e. The van der Waals surface area contributed by atoms with Crippen LogP contribution in [0, 0.1) is 6.92 Å². The van der Waals surface area contributed by atoms with Crippen molar-refractivity contribution in [1.29, 1.82) is 0 Å². The first-order valence-electron chi connectivity index (χ1n) is 9.14. The molecular weight excluding hydrogens is 386 g/mol. The molecule has 1 aliphatic rings. The molecule has 0 saturated carbocycles. The van der Waals surface area contributed by atoms with Crippen LogP contribution in [0.5, 0.6) is 5.75 Å². The zero-order valence-corrected chi connectivity index (χ0v) is 16.5. The molecule has 4 nitrogen and oxygen atoms in total. The SMILES string of the molecule is Cc1ccc(COc2ccc(C=C3N=C(c4cccc(Cl)c4)OC3=O)cc2)cc1. The minimum atomic E-state index is -0.486. The molecule has 29 heavy (non-hydrogen) atoms. The fraction of sp³-hybridized carbons (Fsp3) is 0.0833. The van der Waals surface area contributed by atoms with Gasteiger partial charge in [0.15, 0.2) is 5.70 Å². The molecule has 0 unspecified atom stereocenters. The van der Waals surface area contributed by atoms with Crippen LogP contribution in [0.2, 0.25) is 5.02 Å². The van der Waals surface area contributed by atoms with Crippen LogP contribution in [-0.4, -0.2) is 11.9 Å². The van der Waals surface area contributed by atoms with Gasteiger partial charge in [0.1, 0.15) is 12.4 Å². The lowest BCUT2D eigenvalue weighted by Gasteiger charge is -2.07. The van der Waals surface area contributed by atoms with Crippen LogP contribution >= 0.6 is 11.6 Å². The normalized spacial score (nSPS) is 14.6. The number of rotatable bonds is 5. The molecule has 0 amide bonds. The summed E-state index contributed by atoms with van der Waals surface area (Å²) in [4.78, 5) is 16.4. The number of carbonyl (C=O) groups excluding carboxylic acids is 1. The number of halogens is 1. The van der Waals surface area contributed by atoms with E-state index in [2.05, 4.69) is 36.2 Å². The van der Waals surface area contributed by atoms with E-state index in [1.807, 2.05) is 24.3 Å². The minimum Gasteiger partial charge on any atom is -0.489 e. The summed E-state index contributed by atoms with van der Waals surface area (Å²) in [6.45, 7) is 2.56. The third-order valence-corrected chi connectivity index (χ3v) is 4.64. The first kappa shape index (κ1) is 19.0. The summed E-state index contributed by atoms with van der Waals surface area (Å²) in [6.07, 6.45) is 1.68. The Hall–Kier alpha value is -3.37. The largest absolute Gasteiger partial charge is 0.489 e. The van der Waals surface area contributed by atoms with E-state index < -0.39 is 5.97 Å². The van der Waals surface area contributed by atoms with Crippen molar-refractivity contribution in [2.75, 3.05) is 0 Å². The summed E-state index contributed by atoms with van der Waals surface area (Å²) >= 11 is 5.99. The van der Waals surface area contributed by atoms with Crippen LogP contribution in [0.15, 0.2) is 83.5 Å². The van der Waals surface area contributed by atoms with E-state index in [-0.39, 0.29) is 11.6 Å². The van der Waals surface area contributed by atoms with Crippen molar-refractivity contribution in [3.8, 4) is 5.75 Å². The van der Waals surface area contributed by atoms with Gasteiger partial charge in [0.05, 0.1) is 0 Å². The first-order chi connectivity index (χ1) is 14.1. The Kier molecular flexibility index (Phi) is 5.45. The molecule has 144 valence electrons. The molecule has 3 aromatic carbocycles. The number of hydrogen-bond donors (Lipinski definition) is 0. The molecule has 0 N–H and O–H groups in total. The molecular formula is C24H18ClNO3. The van der Waals surface area contributed by atoms with Crippen LogP contribution in [0.3, 0.4) is 0 Å². The molecule has 0 aromatic heterocycles. The van der Waals surface area contributed by atoms with E-state index in [9.17, 15) is 4.79 Å². The Morgan fingerprint density at radius 3 is 2.52 bits per heavy atom. The Labute approximate surface area is 174 Å². The third-order valence-electron chi connectivity index (χ3n) is 4.40. The highest BCUT2D eigenvalue weighted by atomic mass is 35.5. The maximum Gasteiger partial charge on any atom is 0.363 e. The second kappa shape index (κ2) is 8.33. The molecule has 0 bridgehead atoms. The van der Waals surface area contributed by atoms with Crippen LogP contribution in [0.1, 0.15) is 22.3 Å². The molecule has 0 aliphatic carbocycles. The van der Waals surface area contributed by atoms with Gasteiger partial charge in [-0.3, -0.25) is 0 Å². The number of cyclic esters (lactones) is 1. The number of ether oxygens (including phenoxy) is 2. The number of esters is 1. The van der Waals surface area contributed by atoms with Crippen molar-refractivity contribution in [1.82, 2.24) is 0 Å². The quantitative estimate of drug-likeness (QED) is 0.413. The van der Waals surface area contributed by atoms with Crippen molar-refractivity contribution >= 4 is 29.5 Å². The highest BCUT2D eigenvalue weighted by Gasteiger charge is 2.24. The molecule has 0 saturated heterocycles. The van der Waals surface area contributed by atoms with Gasteiger partial charge in [-0.2, -0.15) is 0 Å². The molecule has 1 heterocycles. The topological polar surface area (TPSA) is 47.9 Å². The molecule has 1 aliphatic heterocycles. The Balaban J connectivity index is 1.45. The van der Waals surface area contributed by atoms with Gasteiger partial charge in [-0.15, -0.1) is 0 Å². The fourth-order valence-corrected chi connectivity index (χ4v) is 3.01. The Morgan fingerprint density at radius 1 is 1.03 bits per heavy atom. The summed E-state index contributed by atoms with van der Waals surface area (Å²) in [5.41, 5.74) is 4.06.